The number of aryl methyl sites for hydroxylation is 1. The molecule has 1 aromatic carbocycles. The standard InChI is InChI=1S/C11H13ClO2/c1-9-4-5-10(12)11(8-9)14-7-3-2-6-13/h2-5,8,13H,6-7H2,1H3/b3-2+. The Hall–Kier alpha value is -0.990. The van der Waals surface area contributed by atoms with Crippen molar-refractivity contribution in [3.05, 3.63) is 40.9 Å². The summed E-state index contributed by atoms with van der Waals surface area (Å²) in [6.07, 6.45) is 3.38. The molecule has 3 heteroatoms. The summed E-state index contributed by atoms with van der Waals surface area (Å²) < 4.78 is 5.39. The van der Waals surface area contributed by atoms with Gasteiger partial charge < -0.3 is 9.84 Å². The number of benzene rings is 1. The number of ether oxygens (including phenoxy) is 1. The van der Waals surface area contributed by atoms with Crippen LogP contribution in [0.1, 0.15) is 5.56 Å². The Bertz CT molecular complexity index is 321. The molecule has 0 bridgehead atoms. The highest BCUT2D eigenvalue weighted by molar-refractivity contribution is 6.32. The number of aliphatic hydroxyl groups is 1. The minimum Gasteiger partial charge on any atom is -0.488 e. The largest absolute Gasteiger partial charge is 0.488 e. The molecule has 0 aromatic heterocycles. The van der Waals surface area contributed by atoms with E-state index in [2.05, 4.69) is 0 Å². The predicted octanol–water partition coefficient (Wildman–Crippen LogP) is 2.58. The van der Waals surface area contributed by atoms with Gasteiger partial charge >= 0.3 is 0 Å². The highest BCUT2D eigenvalue weighted by Gasteiger charge is 1.99. The quantitative estimate of drug-likeness (QED) is 0.778. The number of hydrogen-bond acceptors (Lipinski definition) is 2. The van der Waals surface area contributed by atoms with Gasteiger partial charge in [0.2, 0.25) is 0 Å². The zero-order chi connectivity index (χ0) is 10.4. The van der Waals surface area contributed by atoms with Crippen LogP contribution in [-0.2, 0) is 0 Å². The normalized spacial score (nSPS) is 10.8. The second-order valence-corrected chi connectivity index (χ2v) is 3.31. The van der Waals surface area contributed by atoms with Crippen LogP contribution in [0.3, 0.4) is 0 Å². The van der Waals surface area contributed by atoms with Crippen LogP contribution in [0.2, 0.25) is 5.02 Å². The Balaban J connectivity index is 2.57. The smallest absolute Gasteiger partial charge is 0.138 e. The van der Waals surface area contributed by atoms with Gasteiger partial charge in [0.05, 0.1) is 11.6 Å². The first kappa shape index (κ1) is 11.1. The molecule has 1 rings (SSSR count). The second-order valence-electron chi connectivity index (χ2n) is 2.90. The lowest BCUT2D eigenvalue weighted by Gasteiger charge is -2.06. The fourth-order valence-electron chi connectivity index (χ4n) is 1.00. The van der Waals surface area contributed by atoms with Crippen LogP contribution in [0, 0.1) is 6.92 Å². The molecule has 0 radical (unpaired) electrons. The van der Waals surface area contributed by atoms with Crippen LogP contribution in [-0.4, -0.2) is 18.3 Å². The Morgan fingerprint density at radius 1 is 1.43 bits per heavy atom. The lowest BCUT2D eigenvalue weighted by molar-refractivity contribution is 0.336. The Kier molecular flexibility index (Phi) is 4.50. The molecule has 0 amide bonds. The van der Waals surface area contributed by atoms with Gasteiger partial charge in [0.25, 0.3) is 0 Å². The molecule has 76 valence electrons. The van der Waals surface area contributed by atoms with E-state index in [0.29, 0.717) is 17.4 Å². The Morgan fingerprint density at radius 2 is 2.21 bits per heavy atom. The first-order valence-electron chi connectivity index (χ1n) is 4.39. The molecule has 0 unspecified atom stereocenters. The van der Waals surface area contributed by atoms with Crippen molar-refractivity contribution in [2.24, 2.45) is 0 Å². The van der Waals surface area contributed by atoms with Crippen LogP contribution in [0.4, 0.5) is 0 Å². The molecule has 0 heterocycles. The number of hydrogen-bond donors (Lipinski definition) is 1. The molecular weight excluding hydrogens is 200 g/mol. The molecule has 0 fully saturated rings. The van der Waals surface area contributed by atoms with E-state index in [-0.39, 0.29) is 6.61 Å². The average Bonchev–Trinajstić information content (AvgIpc) is 2.18. The van der Waals surface area contributed by atoms with E-state index < -0.39 is 0 Å². The van der Waals surface area contributed by atoms with E-state index >= 15 is 0 Å². The van der Waals surface area contributed by atoms with Gasteiger partial charge in [-0.3, -0.25) is 0 Å². The molecule has 0 saturated heterocycles. The third kappa shape index (κ3) is 3.40. The van der Waals surface area contributed by atoms with Gasteiger partial charge in [-0.05, 0) is 30.7 Å². The van der Waals surface area contributed by atoms with Gasteiger partial charge in [0.15, 0.2) is 0 Å². The molecule has 0 spiro atoms. The SMILES string of the molecule is Cc1ccc(Cl)c(OC/C=C/CO)c1. The Labute approximate surface area is 88.8 Å². The van der Waals surface area contributed by atoms with Crippen LogP contribution < -0.4 is 4.74 Å². The maximum atomic E-state index is 8.49. The fraction of sp³-hybridized carbons (Fsp3) is 0.273. The first-order chi connectivity index (χ1) is 6.74. The number of aliphatic hydroxyl groups excluding tert-OH is 1. The molecule has 1 aromatic rings. The average molecular weight is 213 g/mol. The third-order valence-corrected chi connectivity index (χ3v) is 2.01. The van der Waals surface area contributed by atoms with Crippen LogP contribution in [0.5, 0.6) is 5.75 Å². The molecule has 2 nitrogen and oxygen atoms in total. The summed E-state index contributed by atoms with van der Waals surface area (Å²) >= 11 is 5.91. The molecule has 1 N–H and O–H groups in total. The topological polar surface area (TPSA) is 29.5 Å². The zero-order valence-electron chi connectivity index (χ0n) is 8.03. The molecule has 0 aliphatic carbocycles. The minimum atomic E-state index is 0.0326. The summed E-state index contributed by atoms with van der Waals surface area (Å²) in [6.45, 7) is 2.43. The summed E-state index contributed by atoms with van der Waals surface area (Å²) in [6, 6.07) is 5.62. The summed E-state index contributed by atoms with van der Waals surface area (Å²) in [5.74, 6) is 0.675. The van der Waals surface area contributed by atoms with Crippen molar-refractivity contribution in [1.29, 1.82) is 0 Å². The lowest BCUT2D eigenvalue weighted by atomic mass is 10.2. The van der Waals surface area contributed by atoms with Gasteiger partial charge in [0.1, 0.15) is 12.4 Å². The molecule has 14 heavy (non-hydrogen) atoms. The van der Waals surface area contributed by atoms with E-state index in [1.54, 1.807) is 12.2 Å². The van der Waals surface area contributed by atoms with E-state index in [1.165, 1.54) is 0 Å². The second kappa shape index (κ2) is 5.68. The maximum absolute atomic E-state index is 8.49. The fourth-order valence-corrected chi connectivity index (χ4v) is 1.17. The summed E-state index contributed by atoms with van der Waals surface area (Å²) in [5, 5.41) is 9.10. The monoisotopic (exact) mass is 212 g/mol. The molecule has 0 saturated carbocycles. The molecular formula is C11H13ClO2. The molecule has 0 aliphatic rings. The maximum Gasteiger partial charge on any atom is 0.138 e. The van der Waals surface area contributed by atoms with Gasteiger partial charge in [0, 0.05) is 0 Å². The summed E-state index contributed by atoms with van der Waals surface area (Å²) in [5.41, 5.74) is 1.11. The van der Waals surface area contributed by atoms with E-state index in [4.69, 9.17) is 21.4 Å². The Morgan fingerprint density at radius 3 is 2.93 bits per heavy atom. The van der Waals surface area contributed by atoms with Gasteiger partial charge in [-0.1, -0.05) is 23.7 Å². The lowest BCUT2D eigenvalue weighted by Crippen LogP contribution is -1.94. The van der Waals surface area contributed by atoms with Crippen molar-refractivity contribution in [3.63, 3.8) is 0 Å². The van der Waals surface area contributed by atoms with Gasteiger partial charge in [-0.15, -0.1) is 0 Å². The van der Waals surface area contributed by atoms with E-state index in [9.17, 15) is 0 Å². The zero-order valence-corrected chi connectivity index (χ0v) is 8.79. The summed E-state index contributed by atoms with van der Waals surface area (Å²) in [7, 11) is 0. The van der Waals surface area contributed by atoms with E-state index in [1.807, 2.05) is 25.1 Å². The van der Waals surface area contributed by atoms with Crippen LogP contribution in [0.25, 0.3) is 0 Å². The first-order valence-corrected chi connectivity index (χ1v) is 4.76. The van der Waals surface area contributed by atoms with Crippen molar-refractivity contribution in [2.45, 2.75) is 6.92 Å². The molecule has 0 atom stereocenters. The van der Waals surface area contributed by atoms with Crippen molar-refractivity contribution in [3.8, 4) is 5.75 Å². The van der Waals surface area contributed by atoms with Crippen LogP contribution in [0.15, 0.2) is 30.4 Å². The highest BCUT2D eigenvalue weighted by Crippen LogP contribution is 2.24. The highest BCUT2D eigenvalue weighted by atomic mass is 35.5. The van der Waals surface area contributed by atoms with Crippen LogP contribution >= 0.6 is 11.6 Å². The van der Waals surface area contributed by atoms with Gasteiger partial charge in [-0.25, -0.2) is 0 Å². The third-order valence-electron chi connectivity index (χ3n) is 1.69. The van der Waals surface area contributed by atoms with Crippen molar-refractivity contribution < 1.29 is 9.84 Å². The number of rotatable bonds is 4. The van der Waals surface area contributed by atoms with Crippen molar-refractivity contribution >= 4 is 11.6 Å². The van der Waals surface area contributed by atoms with E-state index in [0.717, 1.165) is 5.56 Å². The van der Waals surface area contributed by atoms with Crippen molar-refractivity contribution in [1.82, 2.24) is 0 Å². The van der Waals surface area contributed by atoms with Crippen molar-refractivity contribution in [2.75, 3.05) is 13.2 Å². The minimum absolute atomic E-state index is 0.0326. The summed E-state index contributed by atoms with van der Waals surface area (Å²) in [4.78, 5) is 0. The predicted molar refractivity (Wildman–Crippen MR) is 57.9 cm³/mol. The van der Waals surface area contributed by atoms with Gasteiger partial charge in [-0.2, -0.15) is 0 Å². The molecule has 0 aliphatic heterocycles. The number of halogens is 1.